The number of fused-ring (bicyclic) bond motifs is 1. The Labute approximate surface area is 111 Å². The summed E-state index contributed by atoms with van der Waals surface area (Å²) in [5.41, 5.74) is 1.18. The fourth-order valence-corrected chi connectivity index (χ4v) is 2.69. The Morgan fingerprint density at radius 2 is 2.26 bits per heavy atom. The van der Waals surface area contributed by atoms with Crippen molar-refractivity contribution in [1.29, 1.82) is 0 Å². The Morgan fingerprint density at radius 1 is 1.37 bits per heavy atom. The molecule has 1 aromatic heterocycles. The molecule has 0 saturated carbocycles. The SMILES string of the molecule is O=C1NCCN1CC(O)CN1CCn2nccc2C1. The lowest BCUT2D eigenvalue weighted by atomic mass is 10.2. The van der Waals surface area contributed by atoms with Gasteiger partial charge in [-0.05, 0) is 6.07 Å². The summed E-state index contributed by atoms with van der Waals surface area (Å²) in [5, 5.41) is 17.1. The van der Waals surface area contributed by atoms with Crippen LogP contribution in [0.4, 0.5) is 4.79 Å². The van der Waals surface area contributed by atoms with Crippen LogP contribution >= 0.6 is 0 Å². The van der Waals surface area contributed by atoms with Crippen molar-refractivity contribution in [3.63, 3.8) is 0 Å². The van der Waals surface area contributed by atoms with Crippen LogP contribution < -0.4 is 5.32 Å². The van der Waals surface area contributed by atoms with E-state index < -0.39 is 6.10 Å². The quantitative estimate of drug-likeness (QED) is 0.739. The molecule has 0 bridgehead atoms. The number of hydrogen-bond acceptors (Lipinski definition) is 4. The zero-order chi connectivity index (χ0) is 13.2. The van der Waals surface area contributed by atoms with Crippen LogP contribution in [-0.2, 0) is 13.1 Å². The molecule has 1 atom stereocenters. The molecule has 3 heterocycles. The number of β-amino-alcohol motifs (C(OH)–C–C–N with tert-alkyl or cyclic N) is 1. The van der Waals surface area contributed by atoms with E-state index in [4.69, 9.17) is 0 Å². The van der Waals surface area contributed by atoms with Crippen LogP contribution in [0.15, 0.2) is 12.3 Å². The number of hydrogen-bond donors (Lipinski definition) is 2. The van der Waals surface area contributed by atoms with Crippen molar-refractivity contribution in [3.05, 3.63) is 18.0 Å². The van der Waals surface area contributed by atoms with Gasteiger partial charge in [0, 0.05) is 45.5 Å². The second-order valence-electron chi connectivity index (χ2n) is 5.11. The molecule has 0 aromatic carbocycles. The average molecular weight is 265 g/mol. The van der Waals surface area contributed by atoms with Crippen molar-refractivity contribution in [2.75, 3.05) is 32.7 Å². The van der Waals surface area contributed by atoms with Gasteiger partial charge >= 0.3 is 6.03 Å². The summed E-state index contributed by atoms with van der Waals surface area (Å²) in [6.45, 7) is 4.91. The average Bonchev–Trinajstić information content (AvgIpc) is 2.98. The highest BCUT2D eigenvalue weighted by molar-refractivity contribution is 5.76. The first kappa shape index (κ1) is 12.4. The lowest BCUT2D eigenvalue weighted by molar-refractivity contribution is 0.0755. The Bertz CT molecular complexity index is 461. The molecule has 7 heteroatoms. The van der Waals surface area contributed by atoms with Gasteiger partial charge in [-0.15, -0.1) is 0 Å². The van der Waals surface area contributed by atoms with E-state index in [2.05, 4.69) is 15.3 Å². The van der Waals surface area contributed by atoms with Gasteiger partial charge in [0.25, 0.3) is 0 Å². The van der Waals surface area contributed by atoms with Crippen molar-refractivity contribution in [2.24, 2.45) is 0 Å². The van der Waals surface area contributed by atoms with Crippen molar-refractivity contribution in [1.82, 2.24) is 24.9 Å². The van der Waals surface area contributed by atoms with Crippen LogP contribution in [0, 0.1) is 0 Å². The van der Waals surface area contributed by atoms with Crippen molar-refractivity contribution in [2.45, 2.75) is 19.2 Å². The number of carbonyl (C=O) groups excluding carboxylic acids is 1. The smallest absolute Gasteiger partial charge is 0.317 e. The number of aliphatic hydroxyl groups excluding tert-OH is 1. The number of urea groups is 1. The maximum Gasteiger partial charge on any atom is 0.317 e. The molecule has 1 unspecified atom stereocenters. The highest BCUT2D eigenvalue weighted by Gasteiger charge is 2.24. The Balaban J connectivity index is 1.50. The van der Waals surface area contributed by atoms with E-state index in [1.54, 1.807) is 4.90 Å². The van der Waals surface area contributed by atoms with Gasteiger partial charge in [-0.3, -0.25) is 9.58 Å². The lowest BCUT2D eigenvalue weighted by Gasteiger charge is -2.30. The van der Waals surface area contributed by atoms with Crippen molar-refractivity contribution < 1.29 is 9.90 Å². The van der Waals surface area contributed by atoms with E-state index >= 15 is 0 Å². The summed E-state index contributed by atoms with van der Waals surface area (Å²) in [5.74, 6) is 0. The van der Waals surface area contributed by atoms with Gasteiger partial charge in [0.05, 0.1) is 18.3 Å². The second-order valence-corrected chi connectivity index (χ2v) is 5.11. The zero-order valence-electron chi connectivity index (χ0n) is 10.8. The van der Waals surface area contributed by atoms with Gasteiger partial charge in [0.2, 0.25) is 0 Å². The number of carbonyl (C=O) groups is 1. The molecule has 2 aliphatic rings. The van der Waals surface area contributed by atoms with E-state index in [0.29, 0.717) is 26.2 Å². The minimum Gasteiger partial charge on any atom is -0.390 e. The topological polar surface area (TPSA) is 73.6 Å². The van der Waals surface area contributed by atoms with Crippen LogP contribution in [0.25, 0.3) is 0 Å². The normalized spacial score (nSPS) is 21.3. The molecule has 19 heavy (non-hydrogen) atoms. The van der Waals surface area contributed by atoms with E-state index in [1.165, 1.54) is 5.69 Å². The summed E-state index contributed by atoms with van der Waals surface area (Å²) in [4.78, 5) is 15.3. The molecule has 0 spiro atoms. The van der Waals surface area contributed by atoms with Gasteiger partial charge in [-0.2, -0.15) is 5.10 Å². The monoisotopic (exact) mass is 265 g/mol. The summed E-state index contributed by atoms with van der Waals surface area (Å²) in [7, 11) is 0. The van der Waals surface area contributed by atoms with Gasteiger partial charge in [-0.25, -0.2) is 4.79 Å². The highest BCUT2D eigenvalue weighted by Crippen LogP contribution is 2.11. The molecule has 7 nitrogen and oxygen atoms in total. The van der Waals surface area contributed by atoms with E-state index in [1.807, 2.05) is 16.9 Å². The summed E-state index contributed by atoms with van der Waals surface area (Å²) in [6, 6.07) is 1.93. The molecule has 0 aliphatic carbocycles. The van der Waals surface area contributed by atoms with Crippen LogP contribution in [-0.4, -0.2) is 69.5 Å². The maximum atomic E-state index is 11.4. The molecule has 2 N–H and O–H groups in total. The number of nitrogens with one attached hydrogen (secondary N) is 1. The molecular formula is C12H19N5O2. The summed E-state index contributed by atoms with van der Waals surface area (Å²) >= 11 is 0. The predicted octanol–water partition coefficient (Wildman–Crippen LogP) is -0.915. The van der Waals surface area contributed by atoms with Crippen LogP contribution in [0.1, 0.15) is 5.69 Å². The molecular weight excluding hydrogens is 246 g/mol. The van der Waals surface area contributed by atoms with E-state index in [9.17, 15) is 9.90 Å². The van der Waals surface area contributed by atoms with Crippen LogP contribution in [0.3, 0.4) is 0 Å². The molecule has 104 valence electrons. The van der Waals surface area contributed by atoms with Gasteiger partial charge in [0.15, 0.2) is 0 Å². The van der Waals surface area contributed by atoms with Crippen molar-refractivity contribution in [3.8, 4) is 0 Å². The first-order chi connectivity index (χ1) is 9.22. The highest BCUT2D eigenvalue weighted by atomic mass is 16.3. The van der Waals surface area contributed by atoms with Gasteiger partial charge in [0.1, 0.15) is 0 Å². The number of rotatable bonds is 4. The standard InChI is InChI=1S/C12H19N5O2/c18-11(9-16-4-3-13-12(16)19)8-15-5-6-17-10(7-15)1-2-14-17/h1-2,11,18H,3-9H2,(H,13,19). The number of amides is 2. The number of aliphatic hydroxyl groups is 1. The molecule has 2 aliphatic heterocycles. The Kier molecular flexibility index (Phi) is 3.39. The fraction of sp³-hybridized carbons (Fsp3) is 0.667. The second kappa shape index (κ2) is 5.18. The van der Waals surface area contributed by atoms with E-state index in [-0.39, 0.29) is 6.03 Å². The third-order valence-corrected chi connectivity index (χ3v) is 3.66. The van der Waals surface area contributed by atoms with E-state index in [0.717, 1.165) is 19.6 Å². The van der Waals surface area contributed by atoms with Gasteiger partial charge in [-0.1, -0.05) is 0 Å². The lowest BCUT2D eigenvalue weighted by Crippen LogP contribution is -2.43. The first-order valence-corrected chi connectivity index (χ1v) is 6.66. The minimum absolute atomic E-state index is 0.0734. The third kappa shape index (κ3) is 2.71. The predicted molar refractivity (Wildman–Crippen MR) is 68.5 cm³/mol. The Hall–Kier alpha value is -1.60. The maximum absolute atomic E-state index is 11.4. The molecule has 1 saturated heterocycles. The molecule has 2 amide bonds. The minimum atomic E-state index is -0.502. The molecule has 3 rings (SSSR count). The molecule has 0 radical (unpaired) electrons. The number of aromatic nitrogens is 2. The first-order valence-electron chi connectivity index (χ1n) is 6.66. The fourth-order valence-electron chi connectivity index (χ4n) is 2.69. The third-order valence-electron chi connectivity index (χ3n) is 3.66. The molecule has 1 aromatic rings. The largest absolute Gasteiger partial charge is 0.390 e. The Morgan fingerprint density at radius 3 is 3.05 bits per heavy atom. The van der Waals surface area contributed by atoms with Crippen LogP contribution in [0.5, 0.6) is 0 Å². The number of nitrogens with zero attached hydrogens (tertiary/aromatic N) is 4. The molecule has 1 fully saturated rings. The summed E-state index contributed by atoms with van der Waals surface area (Å²) in [6.07, 6.45) is 1.31. The van der Waals surface area contributed by atoms with Gasteiger partial charge < -0.3 is 15.3 Å². The summed E-state index contributed by atoms with van der Waals surface area (Å²) < 4.78 is 2.00. The van der Waals surface area contributed by atoms with Crippen molar-refractivity contribution >= 4 is 6.03 Å². The zero-order valence-corrected chi connectivity index (χ0v) is 10.8. The van der Waals surface area contributed by atoms with Crippen LogP contribution in [0.2, 0.25) is 0 Å².